The molecule has 0 spiro atoms. The van der Waals surface area contributed by atoms with E-state index in [0.29, 0.717) is 23.0 Å². The molecule has 166 valence electrons. The lowest BCUT2D eigenvalue weighted by molar-refractivity contribution is 0.100. The van der Waals surface area contributed by atoms with Gasteiger partial charge in [-0.25, -0.2) is 4.79 Å². The Morgan fingerprint density at radius 2 is 2.00 bits per heavy atom. The van der Waals surface area contributed by atoms with Gasteiger partial charge < -0.3 is 11.5 Å². The largest absolute Gasteiger partial charge is 0.365 e. The molecule has 8 nitrogen and oxygen atoms in total. The van der Waals surface area contributed by atoms with Gasteiger partial charge in [0.1, 0.15) is 5.00 Å². The number of primary amides is 2. The Hall–Kier alpha value is -3.17. The highest BCUT2D eigenvalue weighted by atomic mass is 32.1. The number of rotatable bonds is 6. The molecule has 0 radical (unpaired) electrons. The predicted molar refractivity (Wildman–Crippen MR) is 125 cm³/mol. The number of amides is 3. The fourth-order valence-electron chi connectivity index (χ4n) is 4.90. The number of aryl methyl sites for hydroxylation is 1. The van der Waals surface area contributed by atoms with Crippen molar-refractivity contribution in [2.45, 2.75) is 44.8 Å². The lowest BCUT2D eigenvalue weighted by atomic mass is 9.94. The van der Waals surface area contributed by atoms with E-state index in [0.717, 1.165) is 54.2 Å². The first kappa shape index (κ1) is 20.7. The number of carbonyl (C=O) groups excluding carboxylic acids is 2. The van der Waals surface area contributed by atoms with E-state index in [1.54, 1.807) is 0 Å². The molecule has 5 N–H and O–H groups in total. The summed E-state index contributed by atoms with van der Waals surface area (Å²) in [6.07, 6.45) is 5.82. The van der Waals surface area contributed by atoms with Gasteiger partial charge in [-0.05, 0) is 43.4 Å². The summed E-state index contributed by atoms with van der Waals surface area (Å²) in [5, 5.41) is 7.84. The summed E-state index contributed by atoms with van der Waals surface area (Å²) < 4.78 is 2.04. The van der Waals surface area contributed by atoms with Crippen LogP contribution in [0, 0.1) is 0 Å². The van der Waals surface area contributed by atoms with Gasteiger partial charge in [-0.15, -0.1) is 11.3 Å². The molecule has 0 saturated carbocycles. The first-order valence-corrected chi connectivity index (χ1v) is 11.7. The molecule has 1 fully saturated rings. The SMILES string of the molecule is NC(=O)Nc1sc2c(c1C(N)=O)CCc1nn(C[C@@H]3CCCN3Cc3ccccc3)cc1-2. The van der Waals surface area contributed by atoms with Crippen LogP contribution in [0.2, 0.25) is 0 Å². The van der Waals surface area contributed by atoms with Crippen LogP contribution < -0.4 is 16.8 Å². The number of benzene rings is 1. The molecule has 0 unspecified atom stereocenters. The van der Waals surface area contributed by atoms with Crippen LogP contribution in [0.1, 0.15) is 40.0 Å². The van der Waals surface area contributed by atoms with Gasteiger partial charge in [0, 0.05) is 29.2 Å². The summed E-state index contributed by atoms with van der Waals surface area (Å²) >= 11 is 1.34. The van der Waals surface area contributed by atoms with Crippen LogP contribution in [0.15, 0.2) is 36.5 Å². The quantitative estimate of drug-likeness (QED) is 0.535. The van der Waals surface area contributed by atoms with Crippen molar-refractivity contribution in [2.75, 3.05) is 11.9 Å². The Bertz CT molecular complexity index is 1170. The third-order valence-electron chi connectivity index (χ3n) is 6.31. The van der Waals surface area contributed by atoms with Crippen molar-refractivity contribution >= 4 is 28.3 Å². The fraction of sp³-hybridized carbons (Fsp3) is 0.348. The minimum Gasteiger partial charge on any atom is -0.365 e. The van der Waals surface area contributed by atoms with Gasteiger partial charge in [0.15, 0.2) is 0 Å². The molecule has 1 atom stereocenters. The fourth-order valence-corrected chi connectivity index (χ4v) is 6.19. The highest BCUT2D eigenvalue weighted by Gasteiger charge is 2.31. The zero-order valence-electron chi connectivity index (χ0n) is 17.7. The lowest BCUT2D eigenvalue weighted by Gasteiger charge is -2.24. The van der Waals surface area contributed by atoms with E-state index in [9.17, 15) is 9.59 Å². The second-order valence-corrected chi connectivity index (χ2v) is 9.45. The monoisotopic (exact) mass is 450 g/mol. The number of fused-ring (bicyclic) bond motifs is 3. The predicted octanol–water partition coefficient (Wildman–Crippen LogP) is 2.96. The minimum atomic E-state index is -0.707. The molecule has 1 aliphatic carbocycles. The molecule has 9 heteroatoms. The molecular formula is C23H26N6O2S. The number of anilines is 1. The maximum atomic E-state index is 12.1. The number of nitrogens with zero attached hydrogens (tertiary/aromatic N) is 3. The highest BCUT2D eigenvalue weighted by Crippen LogP contribution is 2.44. The van der Waals surface area contributed by atoms with E-state index < -0.39 is 11.9 Å². The van der Waals surface area contributed by atoms with Crippen molar-refractivity contribution in [3.8, 4) is 10.4 Å². The van der Waals surface area contributed by atoms with Gasteiger partial charge in [0.05, 0.1) is 17.8 Å². The first-order valence-electron chi connectivity index (χ1n) is 10.9. The van der Waals surface area contributed by atoms with E-state index in [2.05, 4.69) is 40.7 Å². The van der Waals surface area contributed by atoms with E-state index >= 15 is 0 Å². The van der Waals surface area contributed by atoms with E-state index in [1.165, 1.54) is 23.3 Å². The Morgan fingerprint density at radius 1 is 1.19 bits per heavy atom. The average molecular weight is 451 g/mol. The number of nitrogens with one attached hydrogen (secondary N) is 1. The maximum absolute atomic E-state index is 12.1. The number of aromatic nitrogens is 2. The molecule has 2 aliphatic rings. The van der Waals surface area contributed by atoms with Crippen LogP contribution in [-0.2, 0) is 25.9 Å². The number of urea groups is 1. The number of likely N-dealkylation sites (tertiary alicyclic amines) is 1. The lowest BCUT2D eigenvalue weighted by Crippen LogP contribution is -2.32. The Kier molecular flexibility index (Phi) is 5.44. The van der Waals surface area contributed by atoms with E-state index in [-0.39, 0.29) is 0 Å². The molecule has 2 aromatic heterocycles. The topological polar surface area (TPSA) is 119 Å². The third kappa shape index (κ3) is 3.89. The molecule has 5 rings (SSSR count). The Labute approximate surface area is 190 Å². The molecule has 3 heterocycles. The molecule has 1 aromatic carbocycles. The van der Waals surface area contributed by atoms with Crippen LogP contribution in [0.25, 0.3) is 10.4 Å². The van der Waals surface area contributed by atoms with Gasteiger partial charge >= 0.3 is 6.03 Å². The van der Waals surface area contributed by atoms with Gasteiger partial charge in [0.2, 0.25) is 0 Å². The van der Waals surface area contributed by atoms with Gasteiger partial charge in [-0.2, -0.15) is 5.10 Å². The summed E-state index contributed by atoms with van der Waals surface area (Å²) in [6.45, 7) is 2.88. The summed E-state index contributed by atoms with van der Waals surface area (Å²) in [6, 6.07) is 10.3. The van der Waals surface area contributed by atoms with Gasteiger partial charge in [-0.1, -0.05) is 30.3 Å². The van der Waals surface area contributed by atoms with Crippen molar-refractivity contribution in [3.05, 3.63) is 58.9 Å². The molecular weight excluding hydrogens is 424 g/mol. The number of carbonyl (C=O) groups is 2. The van der Waals surface area contributed by atoms with Crippen molar-refractivity contribution in [1.82, 2.24) is 14.7 Å². The number of hydrogen-bond acceptors (Lipinski definition) is 5. The minimum absolute atomic E-state index is 0.368. The second kappa shape index (κ2) is 8.40. The first-order chi connectivity index (χ1) is 15.5. The zero-order chi connectivity index (χ0) is 22.2. The molecule has 3 amide bonds. The molecule has 1 aliphatic heterocycles. The highest BCUT2D eigenvalue weighted by molar-refractivity contribution is 7.20. The summed E-state index contributed by atoms with van der Waals surface area (Å²) in [7, 11) is 0. The Balaban J connectivity index is 1.40. The number of thiophene rings is 1. The third-order valence-corrected chi connectivity index (χ3v) is 7.49. The van der Waals surface area contributed by atoms with Crippen molar-refractivity contribution < 1.29 is 9.59 Å². The molecule has 0 bridgehead atoms. The van der Waals surface area contributed by atoms with E-state index in [4.69, 9.17) is 16.6 Å². The van der Waals surface area contributed by atoms with Crippen LogP contribution >= 0.6 is 11.3 Å². The molecule has 32 heavy (non-hydrogen) atoms. The maximum Gasteiger partial charge on any atom is 0.317 e. The number of nitrogens with two attached hydrogens (primary N) is 2. The number of hydrogen-bond donors (Lipinski definition) is 3. The molecule has 3 aromatic rings. The normalized spacial score (nSPS) is 17.7. The van der Waals surface area contributed by atoms with Gasteiger partial charge in [-0.3, -0.25) is 19.7 Å². The Morgan fingerprint density at radius 3 is 2.75 bits per heavy atom. The smallest absolute Gasteiger partial charge is 0.317 e. The van der Waals surface area contributed by atoms with Crippen molar-refractivity contribution in [1.29, 1.82) is 0 Å². The van der Waals surface area contributed by atoms with Crippen LogP contribution in [0.4, 0.5) is 9.80 Å². The second-order valence-electron chi connectivity index (χ2n) is 8.43. The van der Waals surface area contributed by atoms with Crippen LogP contribution in [-0.4, -0.2) is 39.2 Å². The summed E-state index contributed by atoms with van der Waals surface area (Å²) in [5.74, 6) is -0.551. The van der Waals surface area contributed by atoms with Gasteiger partial charge in [0.25, 0.3) is 5.91 Å². The standard InChI is InChI=1S/C23H26N6O2S/c24-21(30)19-16-8-9-18-17(20(16)32-22(19)26-23(25)31)13-29(27-18)12-15-7-4-10-28(15)11-14-5-2-1-3-6-14/h1-3,5-6,13,15H,4,7-12H2,(H2,24,30)(H3,25,26,31)/t15-/m0/s1. The van der Waals surface area contributed by atoms with Crippen molar-refractivity contribution in [3.63, 3.8) is 0 Å². The van der Waals surface area contributed by atoms with Crippen LogP contribution in [0.5, 0.6) is 0 Å². The zero-order valence-corrected chi connectivity index (χ0v) is 18.5. The van der Waals surface area contributed by atoms with Crippen molar-refractivity contribution in [2.24, 2.45) is 11.5 Å². The average Bonchev–Trinajstić information content (AvgIpc) is 3.45. The van der Waals surface area contributed by atoms with E-state index in [1.807, 2.05) is 10.7 Å². The molecule has 1 saturated heterocycles. The summed E-state index contributed by atoms with van der Waals surface area (Å²) in [5.41, 5.74) is 15.5. The summed E-state index contributed by atoms with van der Waals surface area (Å²) in [4.78, 5) is 27.0. The van der Waals surface area contributed by atoms with Crippen LogP contribution in [0.3, 0.4) is 0 Å².